The maximum absolute atomic E-state index is 13.0. The number of fused-ring (bicyclic) bond motifs is 1. The van der Waals surface area contributed by atoms with Gasteiger partial charge in [0.2, 0.25) is 5.91 Å². The van der Waals surface area contributed by atoms with Crippen LogP contribution >= 0.6 is 24.0 Å². The zero-order valence-electron chi connectivity index (χ0n) is 18.2. The fraction of sp³-hybridized carbons (Fsp3) is 0.111. The van der Waals surface area contributed by atoms with E-state index in [1.807, 2.05) is 97.9 Å². The van der Waals surface area contributed by atoms with E-state index in [4.69, 9.17) is 12.2 Å². The van der Waals surface area contributed by atoms with E-state index in [-0.39, 0.29) is 11.2 Å². The van der Waals surface area contributed by atoms with Gasteiger partial charge in [-0.05, 0) is 71.9 Å². The highest BCUT2D eigenvalue weighted by atomic mass is 32.2. The molecule has 1 amide bonds. The van der Waals surface area contributed by atoms with Gasteiger partial charge >= 0.3 is 0 Å². The van der Waals surface area contributed by atoms with Crippen LogP contribution in [0.3, 0.4) is 0 Å². The monoisotopic (exact) mass is 471 g/mol. The Hall–Kier alpha value is -3.35. The summed E-state index contributed by atoms with van der Waals surface area (Å²) in [5.41, 5.74) is 2.61. The van der Waals surface area contributed by atoms with Gasteiger partial charge in [0.25, 0.3) is 0 Å². The number of thioether (sulfide) groups is 1. The maximum atomic E-state index is 13.0. The fourth-order valence-electron chi connectivity index (χ4n) is 3.44. The Balaban J connectivity index is 1.39. The molecule has 0 radical (unpaired) electrons. The molecule has 0 bridgehead atoms. The molecule has 0 saturated carbocycles. The summed E-state index contributed by atoms with van der Waals surface area (Å²) < 4.78 is 0. The topological polar surface area (TPSA) is 53.2 Å². The second-order valence-electron chi connectivity index (χ2n) is 7.54. The van der Waals surface area contributed by atoms with Crippen molar-refractivity contribution in [1.29, 1.82) is 0 Å². The molecule has 0 aliphatic carbocycles. The molecule has 4 nitrogen and oxygen atoms in total. The third kappa shape index (κ3) is 6.34. The van der Waals surface area contributed by atoms with Gasteiger partial charge in [-0.15, -0.1) is 11.8 Å². The summed E-state index contributed by atoms with van der Waals surface area (Å²) in [4.78, 5) is 14.0. The molecule has 0 aromatic heterocycles. The molecule has 4 aromatic rings. The third-order valence-electron chi connectivity index (χ3n) is 5.08. The Bertz CT molecular complexity index is 1260. The summed E-state index contributed by atoms with van der Waals surface area (Å²) in [6.45, 7) is 2.03. The van der Waals surface area contributed by atoms with Crippen molar-refractivity contribution in [1.82, 2.24) is 0 Å². The highest BCUT2D eigenvalue weighted by Crippen LogP contribution is 2.29. The molecule has 1 atom stereocenters. The lowest BCUT2D eigenvalue weighted by molar-refractivity contribution is -0.115. The van der Waals surface area contributed by atoms with Crippen molar-refractivity contribution < 1.29 is 4.79 Å². The van der Waals surface area contributed by atoms with Crippen LogP contribution in [-0.4, -0.2) is 16.3 Å². The van der Waals surface area contributed by atoms with Gasteiger partial charge in [0, 0.05) is 22.0 Å². The first-order valence-corrected chi connectivity index (χ1v) is 12.1. The van der Waals surface area contributed by atoms with Crippen LogP contribution in [0.2, 0.25) is 0 Å². The predicted molar refractivity (Wildman–Crippen MR) is 145 cm³/mol. The predicted octanol–water partition coefficient (Wildman–Crippen LogP) is 7.16. The van der Waals surface area contributed by atoms with E-state index in [9.17, 15) is 4.79 Å². The van der Waals surface area contributed by atoms with Crippen molar-refractivity contribution >= 4 is 62.8 Å². The first-order chi connectivity index (χ1) is 16.1. The largest absolute Gasteiger partial charge is 0.332 e. The molecule has 0 saturated heterocycles. The Morgan fingerprint density at radius 2 is 1.42 bits per heavy atom. The van der Waals surface area contributed by atoms with E-state index in [1.54, 1.807) is 11.8 Å². The molecule has 33 heavy (non-hydrogen) atoms. The first kappa shape index (κ1) is 22.8. The number of hydrogen-bond acceptors (Lipinski definition) is 3. The average Bonchev–Trinajstić information content (AvgIpc) is 2.83. The zero-order valence-corrected chi connectivity index (χ0v) is 19.9. The van der Waals surface area contributed by atoms with Crippen LogP contribution < -0.4 is 16.0 Å². The van der Waals surface area contributed by atoms with Crippen molar-refractivity contribution in [2.75, 3.05) is 16.0 Å². The number of benzene rings is 4. The number of para-hydroxylation sites is 1. The summed E-state index contributed by atoms with van der Waals surface area (Å²) in [5, 5.41) is 12.0. The molecule has 0 fully saturated rings. The van der Waals surface area contributed by atoms with Crippen LogP contribution in [0.5, 0.6) is 0 Å². The number of carbonyl (C=O) groups is 1. The third-order valence-corrected chi connectivity index (χ3v) is 6.64. The molecule has 4 rings (SSSR count). The number of nitrogens with one attached hydrogen (secondary N) is 3. The van der Waals surface area contributed by atoms with Crippen molar-refractivity contribution in [3.63, 3.8) is 0 Å². The standard InChI is InChI=1S/C27H25N3OS2/c1-2-25(26(31)28-23-16-15-19-9-6-7-10-20(19)17-23)33-24-14-8-13-22(18-24)30-27(32)29-21-11-4-3-5-12-21/h3-18,25H,2H2,1H3,(H,28,31)(H2,29,30,32). The van der Waals surface area contributed by atoms with E-state index < -0.39 is 0 Å². The Morgan fingerprint density at radius 3 is 2.21 bits per heavy atom. The Kier molecular flexibility index (Phi) is 7.60. The normalized spacial score (nSPS) is 11.5. The Morgan fingerprint density at radius 1 is 0.758 bits per heavy atom. The summed E-state index contributed by atoms with van der Waals surface area (Å²) in [5.74, 6) is -0.00240. The van der Waals surface area contributed by atoms with Crippen LogP contribution in [0.25, 0.3) is 10.8 Å². The minimum atomic E-state index is -0.207. The van der Waals surface area contributed by atoms with Gasteiger partial charge in [0.1, 0.15) is 0 Å². The number of anilines is 3. The molecule has 6 heteroatoms. The highest BCUT2D eigenvalue weighted by Gasteiger charge is 2.18. The molecule has 0 heterocycles. The number of amides is 1. The molecule has 3 N–H and O–H groups in total. The van der Waals surface area contributed by atoms with E-state index in [0.717, 1.165) is 39.2 Å². The number of hydrogen-bond donors (Lipinski definition) is 3. The average molecular weight is 472 g/mol. The van der Waals surface area contributed by atoms with Gasteiger partial charge in [0.05, 0.1) is 5.25 Å². The SMILES string of the molecule is CCC(Sc1cccc(NC(=S)Nc2ccccc2)c1)C(=O)Nc1ccc2ccccc2c1. The molecule has 0 spiro atoms. The van der Waals surface area contributed by atoms with Crippen molar-refractivity contribution in [2.45, 2.75) is 23.5 Å². The highest BCUT2D eigenvalue weighted by molar-refractivity contribution is 8.00. The van der Waals surface area contributed by atoms with Crippen molar-refractivity contribution in [2.24, 2.45) is 0 Å². The lowest BCUT2D eigenvalue weighted by Crippen LogP contribution is -2.24. The summed E-state index contributed by atoms with van der Waals surface area (Å²) >= 11 is 6.98. The van der Waals surface area contributed by atoms with Gasteiger partial charge in [-0.25, -0.2) is 0 Å². The molecular weight excluding hydrogens is 446 g/mol. The summed E-state index contributed by atoms with van der Waals surface area (Å²) in [6.07, 6.45) is 0.718. The number of carbonyl (C=O) groups excluding carboxylic acids is 1. The lowest BCUT2D eigenvalue weighted by atomic mass is 10.1. The molecule has 0 aliphatic heterocycles. The second-order valence-corrected chi connectivity index (χ2v) is 9.22. The van der Waals surface area contributed by atoms with Crippen molar-refractivity contribution in [3.8, 4) is 0 Å². The minimum absolute atomic E-state index is 0.00240. The van der Waals surface area contributed by atoms with Crippen LogP contribution in [0.1, 0.15) is 13.3 Å². The molecule has 1 unspecified atom stereocenters. The zero-order chi connectivity index (χ0) is 23.0. The van der Waals surface area contributed by atoms with Crippen LogP contribution in [0, 0.1) is 0 Å². The number of rotatable bonds is 7. The quantitative estimate of drug-likeness (QED) is 0.197. The maximum Gasteiger partial charge on any atom is 0.237 e. The van der Waals surface area contributed by atoms with E-state index in [2.05, 4.69) is 22.0 Å². The van der Waals surface area contributed by atoms with Crippen molar-refractivity contribution in [3.05, 3.63) is 97.1 Å². The minimum Gasteiger partial charge on any atom is -0.332 e. The summed E-state index contributed by atoms with van der Waals surface area (Å²) in [6, 6.07) is 31.8. The van der Waals surface area contributed by atoms with E-state index in [0.29, 0.717) is 5.11 Å². The van der Waals surface area contributed by atoms with E-state index in [1.165, 1.54) is 0 Å². The van der Waals surface area contributed by atoms with Gasteiger partial charge in [0.15, 0.2) is 5.11 Å². The van der Waals surface area contributed by atoms with Gasteiger partial charge in [-0.1, -0.05) is 61.5 Å². The van der Waals surface area contributed by atoms with Gasteiger partial charge in [-0.2, -0.15) is 0 Å². The fourth-order valence-corrected chi connectivity index (χ4v) is 4.69. The van der Waals surface area contributed by atoms with E-state index >= 15 is 0 Å². The molecule has 0 aliphatic rings. The van der Waals surface area contributed by atoms with Gasteiger partial charge < -0.3 is 16.0 Å². The molecular formula is C27H25N3OS2. The first-order valence-electron chi connectivity index (χ1n) is 10.8. The molecule has 4 aromatic carbocycles. The lowest BCUT2D eigenvalue weighted by Gasteiger charge is -2.16. The number of thiocarbonyl (C=S) groups is 1. The smallest absolute Gasteiger partial charge is 0.237 e. The van der Waals surface area contributed by atoms with Crippen LogP contribution in [-0.2, 0) is 4.79 Å². The van der Waals surface area contributed by atoms with Crippen LogP contribution in [0.4, 0.5) is 17.1 Å². The Labute approximate surface area is 203 Å². The summed E-state index contributed by atoms with van der Waals surface area (Å²) in [7, 11) is 0. The molecule has 166 valence electrons. The second kappa shape index (κ2) is 11.0. The van der Waals surface area contributed by atoms with Gasteiger partial charge in [-0.3, -0.25) is 4.79 Å². The van der Waals surface area contributed by atoms with Crippen LogP contribution in [0.15, 0.2) is 102 Å².